The molecule has 0 heterocycles. The van der Waals surface area contributed by atoms with Gasteiger partial charge in [0.1, 0.15) is 12.4 Å². The summed E-state index contributed by atoms with van der Waals surface area (Å²) in [7, 11) is -6.45. The molecule has 0 aromatic heterocycles. The second-order valence-electron chi connectivity index (χ2n) is 10.6. The molecule has 1 N–H and O–H groups in total. The summed E-state index contributed by atoms with van der Waals surface area (Å²) in [6.07, 6.45) is -9.35. The highest BCUT2D eigenvalue weighted by Gasteiger charge is 2.41. The summed E-state index contributed by atoms with van der Waals surface area (Å²) < 4.78 is 157. The maximum Gasteiger partial charge on any atom is 0.471 e. The summed E-state index contributed by atoms with van der Waals surface area (Å²) in [5.74, 6) is -4.38. The van der Waals surface area contributed by atoms with Crippen LogP contribution in [-0.4, -0.2) is 55.7 Å². The molecule has 4 aromatic carbocycles. The standard InChI is InChI=1S/C32H27F6NO10S2/c1-45-26-16-21(19-10-12-23(22(14-19)31(33,34)35)39-30(40)32(36,37)38)28(46-2)29(49-51(4,43)44)27(26)20-11-13-24(25(15-20)48-50(3,41)42)47-17-18-8-6-5-7-9-18/h5-16H,17H2,1-4H3,(H,39,40). The number of amides is 1. The highest BCUT2D eigenvalue weighted by Crippen LogP contribution is 2.52. The van der Waals surface area contributed by atoms with Gasteiger partial charge in [-0.3, -0.25) is 4.79 Å². The summed E-state index contributed by atoms with van der Waals surface area (Å²) in [6.45, 7) is -0.00677. The zero-order valence-electron chi connectivity index (χ0n) is 26.8. The van der Waals surface area contributed by atoms with E-state index in [1.807, 2.05) is 0 Å². The van der Waals surface area contributed by atoms with Crippen molar-refractivity contribution in [1.29, 1.82) is 0 Å². The molecule has 0 saturated carbocycles. The van der Waals surface area contributed by atoms with Crippen molar-refractivity contribution in [3.8, 4) is 51.0 Å². The van der Waals surface area contributed by atoms with Crippen LogP contribution in [0.4, 0.5) is 32.0 Å². The fraction of sp³-hybridized carbons (Fsp3) is 0.219. The zero-order chi connectivity index (χ0) is 37.9. The lowest BCUT2D eigenvalue weighted by atomic mass is 9.95. The van der Waals surface area contributed by atoms with Crippen molar-refractivity contribution in [2.75, 3.05) is 32.0 Å². The van der Waals surface area contributed by atoms with E-state index in [1.165, 1.54) is 17.4 Å². The summed E-state index contributed by atoms with van der Waals surface area (Å²) in [5.41, 5.74) is -3.02. The number of hydrogen-bond acceptors (Lipinski definition) is 10. The fourth-order valence-electron chi connectivity index (χ4n) is 4.69. The van der Waals surface area contributed by atoms with Crippen LogP contribution in [0.15, 0.2) is 72.8 Å². The Bertz CT molecular complexity index is 2160. The molecule has 0 fully saturated rings. The minimum atomic E-state index is -5.50. The number of benzene rings is 4. The smallest absolute Gasteiger partial charge is 0.471 e. The van der Waals surface area contributed by atoms with Crippen molar-refractivity contribution in [2.45, 2.75) is 19.0 Å². The number of halogens is 6. The van der Waals surface area contributed by atoms with Crippen molar-refractivity contribution >= 4 is 31.8 Å². The van der Waals surface area contributed by atoms with E-state index in [-0.39, 0.29) is 46.1 Å². The molecular formula is C32H27F6NO10S2. The number of rotatable bonds is 12. The highest BCUT2D eigenvalue weighted by molar-refractivity contribution is 7.86. The fourth-order valence-corrected chi connectivity index (χ4v) is 5.61. The lowest BCUT2D eigenvalue weighted by Crippen LogP contribution is -2.30. The Labute approximate surface area is 287 Å². The van der Waals surface area contributed by atoms with Gasteiger partial charge in [0.15, 0.2) is 23.0 Å². The monoisotopic (exact) mass is 763 g/mol. The van der Waals surface area contributed by atoms with E-state index in [2.05, 4.69) is 0 Å². The first-order valence-corrected chi connectivity index (χ1v) is 17.7. The molecule has 19 heteroatoms. The number of nitrogens with one attached hydrogen (secondary N) is 1. The van der Waals surface area contributed by atoms with E-state index in [9.17, 15) is 48.0 Å². The Hall–Kier alpha value is -5.17. The van der Waals surface area contributed by atoms with Gasteiger partial charge in [-0.15, -0.1) is 0 Å². The average Bonchev–Trinajstić information content (AvgIpc) is 3.02. The number of ether oxygens (including phenoxy) is 3. The van der Waals surface area contributed by atoms with Gasteiger partial charge >= 0.3 is 38.5 Å². The first-order valence-electron chi connectivity index (χ1n) is 14.1. The predicted molar refractivity (Wildman–Crippen MR) is 172 cm³/mol. The Morgan fingerprint density at radius 2 is 1.33 bits per heavy atom. The van der Waals surface area contributed by atoms with Crippen LogP contribution in [0.3, 0.4) is 0 Å². The maximum atomic E-state index is 14.1. The first-order chi connectivity index (χ1) is 23.6. The molecule has 11 nitrogen and oxygen atoms in total. The van der Waals surface area contributed by atoms with Gasteiger partial charge in [-0.1, -0.05) is 42.5 Å². The maximum absolute atomic E-state index is 14.1. The second kappa shape index (κ2) is 14.6. The van der Waals surface area contributed by atoms with Gasteiger partial charge in [0.2, 0.25) is 0 Å². The summed E-state index contributed by atoms with van der Waals surface area (Å²) in [6, 6.07) is 15.7. The molecule has 0 unspecified atom stereocenters. The van der Waals surface area contributed by atoms with Crippen molar-refractivity contribution in [2.24, 2.45) is 0 Å². The third-order valence-electron chi connectivity index (χ3n) is 6.71. The molecule has 4 rings (SSSR count). The summed E-state index contributed by atoms with van der Waals surface area (Å²) in [5, 5.41) is 1.20. The van der Waals surface area contributed by atoms with E-state index >= 15 is 0 Å². The number of anilines is 1. The summed E-state index contributed by atoms with van der Waals surface area (Å²) >= 11 is 0. The third-order valence-corrected chi connectivity index (χ3v) is 7.66. The van der Waals surface area contributed by atoms with Crippen molar-refractivity contribution in [1.82, 2.24) is 0 Å². The van der Waals surface area contributed by atoms with Crippen LogP contribution in [0.25, 0.3) is 22.3 Å². The number of methoxy groups -OCH3 is 2. The minimum absolute atomic E-state index is 0.00209. The van der Waals surface area contributed by atoms with Gasteiger partial charge in [-0.25, -0.2) is 0 Å². The summed E-state index contributed by atoms with van der Waals surface area (Å²) in [4.78, 5) is 11.5. The van der Waals surface area contributed by atoms with Crippen molar-refractivity contribution in [3.63, 3.8) is 0 Å². The molecule has 0 aliphatic carbocycles. The molecule has 0 saturated heterocycles. The molecule has 274 valence electrons. The average molecular weight is 764 g/mol. The normalized spacial score (nSPS) is 12.2. The molecular weight excluding hydrogens is 736 g/mol. The second-order valence-corrected chi connectivity index (χ2v) is 13.7. The minimum Gasteiger partial charge on any atom is -0.496 e. The molecule has 1 amide bonds. The van der Waals surface area contributed by atoms with Crippen LogP contribution in [-0.2, 0) is 37.8 Å². The number of alkyl halides is 6. The SMILES string of the molecule is COc1cc(-c2ccc(NC(=O)C(F)(F)F)c(C(F)(F)F)c2)c(OC)c(OS(C)(=O)=O)c1-c1ccc(OCc2ccccc2)c(OS(C)(=O)=O)c1. The Morgan fingerprint density at radius 1 is 0.706 bits per heavy atom. The van der Waals surface area contributed by atoms with Gasteiger partial charge in [0, 0.05) is 5.56 Å². The quantitative estimate of drug-likeness (QED) is 0.121. The van der Waals surface area contributed by atoms with Crippen LogP contribution < -0.4 is 27.9 Å². The molecule has 0 atom stereocenters. The molecule has 0 bridgehead atoms. The topological polar surface area (TPSA) is 144 Å². The zero-order valence-corrected chi connectivity index (χ0v) is 28.4. The molecule has 0 radical (unpaired) electrons. The van der Waals surface area contributed by atoms with E-state index in [0.717, 1.165) is 44.2 Å². The van der Waals surface area contributed by atoms with Crippen LogP contribution in [0, 0.1) is 0 Å². The lowest BCUT2D eigenvalue weighted by molar-refractivity contribution is -0.167. The Balaban J connectivity index is 1.96. The van der Waals surface area contributed by atoms with Crippen LogP contribution in [0.2, 0.25) is 0 Å². The van der Waals surface area contributed by atoms with E-state index in [1.54, 1.807) is 30.3 Å². The first kappa shape index (κ1) is 38.6. The molecule has 0 aliphatic heterocycles. The van der Waals surface area contributed by atoms with Crippen molar-refractivity contribution < 1.29 is 70.5 Å². The van der Waals surface area contributed by atoms with Gasteiger partial charge in [-0.2, -0.15) is 43.2 Å². The number of hydrogen-bond donors (Lipinski definition) is 1. The van der Waals surface area contributed by atoms with E-state index in [0.29, 0.717) is 18.4 Å². The van der Waals surface area contributed by atoms with E-state index < -0.39 is 61.2 Å². The molecule has 0 spiro atoms. The van der Waals surface area contributed by atoms with Crippen molar-refractivity contribution in [3.05, 3.63) is 83.9 Å². The molecule has 51 heavy (non-hydrogen) atoms. The van der Waals surface area contributed by atoms with Gasteiger partial charge < -0.3 is 27.9 Å². The van der Waals surface area contributed by atoms with Crippen LogP contribution in [0.5, 0.6) is 28.7 Å². The Kier molecular flexibility index (Phi) is 11.1. The van der Waals surface area contributed by atoms with Crippen LogP contribution in [0.1, 0.15) is 11.1 Å². The predicted octanol–water partition coefficient (Wildman–Crippen LogP) is 6.81. The highest BCUT2D eigenvalue weighted by atomic mass is 32.2. The van der Waals surface area contributed by atoms with Gasteiger partial charge in [-0.05, 0) is 47.0 Å². The van der Waals surface area contributed by atoms with E-state index in [4.69, 9.17) is 22.6 Å². The Morgan fingerprint density at radius 3 is 1.88 bits per heavy atom. The lowest BCUT2D eigenvalue weighted by Gasteiger charge is -2.22. The third kappa shape index (κ3) is 9.75. The van der Waals surface area contributed by atoms with Gasteiger partial charge in [0.05, 0.1) is 43.5 Å². The largest absolute Gasteiger partial charge is 0.496 e. The number of carbonyl (C=O) groups is 1. The molecule has 4 aromatic rings. The number of carbonyl (C=O) groups excluding carboxylic acids is 1. The van der Waals surface area contributed by atoms with Gasteiger partial charge in [0.25, 0.3) is 0 Å². The molecule has 0 aliphatic rings. The van der Waals surface area contributed by atoms with Crippen LogP contribution >= 0.6 is 0 Å².